The molecule has 1 heterocycles. The number of carbonyl (C=O) groups excluding carboxylic acids is 2. The van der Waals surface area contributed by atoms with Crippen molar-refractivity contribution in [2.75, 3.05) is 6.54 Å². The topological polar surface area (TPSA) is 49.4 Å². The Balaban J connectivity index is 1.92. The molecule has 20 heavy (non-hydrogen) atoms. The van der Waals surface area contributed by atoms with Gasteiger partial charge >= 0.3 is 0 Å². The third-order valence-electron chi connectivity index (χ3n) is 5.18. The van der Waals surface area contributed by atoms with Gasteiger partial charge in [-0.1, -0.05) is 20.8 Å². The third kappa shape index (κ3) is 2.13. The quantitative estimate of drug-likeness (QED) is 0.857. The van der Waals surface area contributed by atoms with Crippen molar-refractivity contribution in [2.24, 2.45) is 17.3 Å². The minimum atomic E-state index is -0.610. The Hall–Kier alpha value is -1.06. The number of hydrogen-bond acceptors (Lipinski definition) is 2. The van der Waals surface area contributed by atoms with Gasteiger partial charge in [-0.05, 0) is 49.9 Å². The molecule has 3 aliphatic rings. The standard InChI is InChI=1S/C16H26N2O2/c1-15(2,3)12-13(19)18(9-10-5-6-10)16(4,11-7-8-11)14(20)17-12/h10-12H,5-9H2,1-4H3,(H,17,20). The first-order valence-electron chi connectivity index (χ1n) is 7.87. The van der Waals surface area contributed by atoms with E-state index in [1.54, 1.807) is 0 Å². The highest BCUT2D eigenvalue weighted by Crippen LogP contribution is 2.47. The molecule has 4 heteroatoms. The summed E-state index contributed by atoms with van der Waals surface area (Å²) in [6.45, 7) is 8.80. The fraction of sp³-hybridized carbons (Fsp3) is 0.875. The highest BCUT2D eigenvalue weighted by molar-refractivity contribution is 6.00. The highest BCUT2D eigenvalue weighted by Gasteiger charge is 2.59. The smallest absolute Gasteiger partial charge is 0.246 e. The molecule has 1 aliphatic heterocycles. The molecule has 1 N–H and O–H groups in total. The van der Waals surface area contributed by atoms with Gasteiger partial charge in [-0.3, -0.25) is 9.59 Å². The second-order valence-corrected chi connectivity index (χ2v) is 8.09. The number of amides is 2. The molecule has 112 valence electrons. The van der Waals surface area contributed by atoms with E-state index in [-0.39, 0.29) is 23.3 Å². The molecular weight excluding hydrogens is 252 g/mol. The molecular formula is C16H26N2O2. The van der Waals surface area contributed by atoms with E-state index >= 15 is 0 Å². The summed E-state index contributed by atoms with van der Waals surface area (Å²) in [6, 6.07) is -0.388. The molecule has 0 spiro atoms. The molecule has 0 aromatic heterocycles. The van der Waals surface area contributed by atoms with Gasteiger partial charge in [-0.2, -0.15) is 0 Å². The van der Waals surface area contributed by atoms with Crippen LogP contribution >= 0.6 is 0 Å². The van der Waals surface area contributed by atoms with Crippen LogP contribution in [0, 0.1) is 17.3 Å². The van der Waals surface area contributed by atoms with E-state index in [2.05, 4.69) is 5.32 Å². The lowest BCUT2D eigenvalue weighted by atomic mass is 9.79. The normalized spacial score (nSPS) is 35.2. The average molecular weight is 278 g/mol. The lowest BCUT2D eigenvalue weighted by Gasteiger charge is -2.49. The number of piperazine rings is 1. The Morgan fingerprint density at radius 3 is 2.25 bits per heavy atom. The summed E-state index contributed by atoms with van der Waals surface area (Å²) < 4.78 is 0. The van der Waals surface area contributed by atoms with Gasteiger partial charge in [0.2, 0.25) is 11.8 Å². The first-order valence-corrected chi connectivity index (χ1v) is 7.87. The van der Waals surface area contributed by atoms with E-state index in [1.165, 1.54) is 12.8 Å². The lowest BCUT2D eigenvalue weighted by Crippen LogP contribution is -2.72. The molecule has 2 atom stereocenters. The number of carbonyl (C=O) groups is 2. The molecule has 2 saturated carbocycles. The van der Waals surface area contributed by atoms with Crippen LogP contribution in [0.25, 0.3) is 0 Å². The summed E-state index contributed by atoms with van der Waals surface area (Å²) >= 11 is 0. The molecule has 0 bridgehead atoms. The fourth-order valence-corrected chi connectivity index (χ4v) is 3.32. The maximum absolute atomic E-state index is 12.9. The summed E-state index contributed by atoms with van der Waals surface area (Å²) in [5.74, 6) is 1.15. The summed E-state index contributed by atoms with van der Waals surface area (Å²) in [6.07, 6.45) is 4.54. The number of rotatable bonds is 3. The van der Waals surface area contributed by atoms with Crippen LogP contribution < -0.4 is 5.32 Å². The summed E-state index contributed by atoms with van der Waals surface area (Å²) in [5, 5.41) is 3.01. The summed E-state index contributed by atoms with van der Waals surface area (Å²) in [5.41, 5.74) is -0.846. The van der Waals surface area contributed by atoms with Crippen LogP contribution in [0.1, 0.15) is 53.4 Å². The van der Waals surface area contributed by atoms with E-state index in [4.69, 9.17) is 0 Å². The van der Waals surface area contributed by atoms with Crippen molar-refractivity contribution in [1.82, 2.24) is 10.2 Å². The van der Waals surface area contributed by atoms with Crippen molar-refractivity contribution in [2.45, 2.75) is 65.0 Å². The van der Waals surface area contributed by atoms with Crippen molar-refractivity contribution in [3.8, 4) is 0 Å². The van der Waals surface area contributed by atoms with Crippen LogP contribution in [0.3, 0.4) is 0 Å². The monoisotopic (exact) mass is 278 g/mol. The van der Waals surface area contributed by atoms with Gasteiger partial charge < -0.3 is 10.2 Å². The Morgan fingerprint density at radius 2 is 1.80 bits per heavy atom. The SMILES string of the molecule is CC(C)(C)C1NC(=O)C(C)(C2CC2)N(CC2CC2)C1=O. The predicted molar refractivity (Wildman–Crippen MR) is 77.0 cm³/mol. The largest absolute Gasteiger partial charge is 0.342 e. The molecule has 0 radical (unpaired) electrons. The molecule has 0 aromatic rings. The summed E-state index contributed by atoms with van der Waals surface area (Å²) in [4.78, 5) is 27.6. The first-order chi connectivity index (χ1) is 9.24. The molecule has 2 aliphatic carbocycles. The zero-order chi connectivity index (χ0) is 14.7. The minimum Gasteiger partial charge on any atom is -0.342 e. The first kappa shape index (κ1) is 13.9. The van der Waals surface area contributed by atoms with E-state index in [9.17, 15) is 9.59 Å². The van der Waals surface area contributed by atoms with Gasteiger partial charge in [0.1, 0.15) is 11.6 Å². The van der Waals surface area contributed by atoms with Crippen LogP contribution in [0.2, 0.25) is 0 Å². The van der Waals surface area contributed by atoms with Crippen molar-refractivity contribution in [3.63, 3.8) is 0 Å². The van der Waals surface area contributed by atoms with Crippen LogP contribution in [0.4, 0.5) is 0 Å². The number of hydrogen-bond donors (Lipinski definition) is 1. The number of nitrogens with zero attached hydrogens (tertiary/aromatic N) is 1. The maximum Gasteiger partial charge on any atom is 0.246 e. The second-order valence-electron chi connectivity index (χ2n) is 8.09. The van der Waals surface area contributed by atoms with Crippen molar-refractivity contribution in [1.29, 1.82) is 0 Å². The van der Waals surface area contributed by atoms with Crippen molar-refractivity contribution >= 4 is 11.8 Å². The molecule has 2 unspecified atom stereocenters. The Morgan fingerprint density at radius 1 is 1.20 bits per heavy atom. The molecule has 2 amide bonds. The maximum atomic E-state index is 12.9. The van der Waals surface area contributed by atoms with Gasteiger partial charge in [0.05, 0.1) is 0 Å². The Labute approximate surface area is 121 Å². The average Bonchev–Trinajstić information content (AvgIpc) is 3.20. The van der Waals surface area contributed by atoms with Gasteiger partial charge in [0.25, 0.3) is 0 Å². The highest BCUT2D eigenvalue weighted by atomic mass is 16.2. The van der Waals surface area contributed by atoms with Crippen LogP contribution in [0.15, 0.2) is 0 Å². The second kappa shape index (κ2) is 4.22. The fourth-order valence-electron chi connectivity index (χ4n) is 3.32. The van der Waals surface area contributed by atoms with E-state index in [1.807, 2.05) is 32.6 Å². The van der Waals surface area contributed by atoms with E-state index in [0.717, 1.165) is 19.4 Å². The Bertz CT molecular complexity index is 446. The van der Waals surface area contributed by atoms with Crippen molar-refractivity contribution < 1.29 is 9.59 Å². The third-order valence-corrected chi connectivity index (χ3v) is 5.18. The van der Waals surface area contributed by atoms with Crippen LogP contribution in [0.5, 0.6) is 0 Å². The number of nitrogens with one attached hydrogen (secondary N) is 1. The van der Waals surface area contributed by atoms with Gasteiger partial charge in [0.15, 0.2) is 0 Å². The van der Waals surface area contributed by atoms with Gasteiger partial charge in [-0.15, -0.1) is 0 Å². The molecule has 4 nitrogen and oxygen atoms in total. The lowest BCUT2D eigenvalue weighted by molar-refractivity contribution is -0.161. The molecule has 0 aromatic carbocycles. The minimum absolute atomic E-state index is 0.0557. The van der Waals surface area contributed by atoms with E-state index in [0.29, 0.717) is 11.8 Å². The molecule has 1 saturated heterocycles. The summed E-state index contributed by atoms with van der Waals surface area (Å²) in [7, 11) is 0. The Kier molecular flexibility index (Phi) is 2.93. The van der Waals surface area contributed by atoms with Gasteiger partial charge in [0, 0.05) is 6.54 Å². The molecule has 3 rings (SSSR count). The van der Waals surface area contributed by atoms with Crippen LogP contribution in [-0.2, 0) is 9.59 Å². The van der Waals surface area contributed by atoms with Gasteiger partial charge in [-0.25, -0.2) is 0 Å². The zero-order valence-corrected chi connectivity index (χ0v) is 13.0. The van der Waals surface area contributed by atoms with Crippen LogP contribution in [-0.4, -0.2) is 34.8 Å². The van der Waals surface area contributed by atoms with E-state index < -0.39 is 5.54 Å². The van der Waals surface area contributed by atoms with Crippen molar-refractivity contribution in [3.05, 3.63) is 0 Å². The molecule has 3 fully saturated rings. The predicted octanol–water partition coefficient (Wildman–Crippen LogP) is 1.94. The zero-order valence-electron chi connectivity index (χ0n) is 13.0.